The molecule has 4 heterocycles. The number of amides is 1. The maximum absolute atomic E-state index is 13.1. The summed E-state index contributed by atoms with van der Waals surface area (Å²) in [7, 11) is 5.54. The van der Waals surface area contributed by atoms with E-state index in [1.807, 2.05) is 35.3 Å². The van der Waals surface area contributed by atoms with Crippen LogP contribution in [0.15, 0.2) is 36.8 Å². The summed E-state index contributed by atoms with van der Waals surface area (Å²) in [5.41, 5.74) is 5.96. The standard InChI is InChI=1S/C19H25N7O2/c1-23-6-8-25(9-7-23)19(27)16-10-17(14-11-21-24(2)13-14)26(22-16)15-4-5-18(28-3)20-12-15/h4-5,10-13,16,22H,6-9H2,1-3H3. The van der Waals surface area contributed by atoms with Crippen molar-refractivity contribution in [3.8, 4) is 5.88 Å². The molecule has 1 amide bonds. The van der Waals surface area contributed by atoms with Gasteiger partial charge in [0, 0.05) is 51.1 Å². The Morgan fingerprint density at radius 2 is 1.96 bits per heavy atom. The molecule has 0 bridgehead atoms. The van der Waals surface area contributed by atoms with Crippen LogP contribution < -0.4 is 15.2 Å². The number of aryl methyl sites for hydroxylation is 1. The minimum absolute atomic E-state index is 0.0819. The van der Waals surface area contributed by atoms with E-state index in [0.717, 1.165) is 43.1 Å². The molecule has 0 aliphatic carbocycles. The van der Waals surface area contributed by atoms with Gasteiger partial charge in [-0.25, -0.2) is 10.4 Å². The molecule has 4 rings (SSSR count). The third kappa shape index (κ3) is 3.58. The van der Waals surface area contributed by atoms with Crippen LogP contribution in [0.3, 0.4) is 0 Å². The van der Waals surface area contributed by atoms with Gasteiger partial charge in [-0.05, 0) is 19.2 Å². The van der Waals surface area contributed by atoms with Gasteiger partial charge in [-0.15, -0.1) is 0 Å². The second-order valence-electron chi connectivity index (χ2n) is 7.08. The number of pyridine rings is 1. The molecule has 1 unspecified atom stereocenters. The summed E-state index contributed by atoms with van der Waals surface area (Å²) in [6, 6.07) is 3.28. The number of anilines is 1. The fourth-order valence-corrected chi connectivity index (χ4v) is 3.45. The van der Waals surface area contributed by atoms with Crippen LogP contribution in [-0.2, 0) is 11.8 Å². The number of rotatable bonds is 4. The third-order valence-corrected chi connectivity index (χ3v) is 5.10. The Bertz CT molecular complexity index is 869. The van der Waals surface area contributed by atoms with Crippen LogP contribution in [0.1, 0.15) is 5.56 Å². The van der Waals surface area contributed by atoms with E-state index in [4.69, 9.17) is 4.74 Å². The van der Waals surface area contributed by atoms with Gasteiger partial charge in [-0.2, -0.15) is 5.10 Å². The average Bonchev–Trinajstić information content (AvgIpc) is 3.34. The van der Waals surface area contributed by atoms with Gasteiger partial charge in [0.25, 0.3) is 0 Å². The second kappa shape index (κ2) is 7.61. The molecule has 2 aromatic heterocycles. The van der Waals surface area contributed by atoms with E-state index in [1.54, 1.807) is 30.3 Å². The van der Waals surface area contributed by atoms with Crippen molar-refractivity contribution < 1.29 is 9.53 Å². The lowest BCUT2D eigenvalue weighted by Crippen LogP contribution is -2.53. The highest BCUT2D eigenvalue weighted by Crippen LogP contribution is 2.30. The third-order valence-electron chi connectivity index (χ3n) is 5.10. The summed E-state index contributed by atoms with van der Waals surface area (Å²) in [4.78, 5) is 21.5. The number of hydrazine groups is 1. The highest BCUT2D eigenvalue weighted by atomic mass is 16.5. The number of carbonyl (C=O) groups is 1. The number of likely N-dealkylation sites (N-methyl/N-ethyl adjacent to an activating group) is 1. The highest BCUT2D eigenvalue weighted by Gasteiger charge is 2.33. The summed E-state index contributed by atoms with van der Waals surface area (Å²) in [6.45, 7) is 3.27. The van der Waals surface area contributed by atoms with E-state index < -0.39 is 6.04 Å². The Labute approximate surface area is 164 Å². The van der Waals surface area contributed by atoms with Crippen LogP contribution in [0.4, 0.5) is 5.69 Å². The molecule has 2 aliphatic rings. The predicted molar refractivity (Wildman–Crippen MR) is 105 cm³/mol. The lowest BCUT2D eigenvalue weighted by Gasteiger charge is -2.34. The quantitative estimate of drug-likeness (QED) is 0.815. The van der Waals surface area contributed by atoms with Gasteiger partial charge in [0.05, 0.1) is 30.9 Å². The average molecular weight is 383 g/mol. The Morgan fingerprint density at radius 3 is 2.57 bits per heavy atom. The molecule has 1 saturated heterocycles. The number of carbonyl (C=O) groups excluding carboxylic acids is 1. The zero-order chi connectivity index (χ0) is 19.7. The number of hydrogen-bond donors (Lipinski definition) is 1. The molecule has 1 fully saturated rings. The first-order chi connectivity index (χ1) is 13.5. The molecule has 9 nitrogen and oxygen atoms in total. The smallest absolute Gasteiger partial charge is 0.245 e. The summed E-state index contributed by atoms with van der Waals surface area (Å²) in [5.74, 6) is 0.623. The zero-order valence-electron chi connectivity index (χ0n) is 16.4. The van der Waals surface area contributed by atoms with E-state index in [0.29, 0.717) is 5.88 Å². The van der Waals surface area contributed by atoms with Gasteiger partial charge in [0.2, 0.25) is 11.8 Å². The van der Waals surface area contributed by atoms with Gasteiger partial charge in [0.1, 0.15) is 6.04 Å². The molecule has 148 valence electrons. The monoisotopic (exact) mass is 383 g/mol. The zero-order valence-corrected chi connectivity index (χ0v) is 16.4. The number of nitrogens with zero attached hydrogens (tertiary/aromatic N) is 6. The number of ether oxygens (including phenoxy) is 1. The number of nitrogens with one attached hydrogen (secondary N) is 1. The predicted octanol–water partition coefficient (Wildman–Crippen LogP) is 0.332. The Balaban J connectivity index is 1.61. The molecule has 1 atom stereocenters. The summed E-state index contributed by atoms with van der Waals surface area (Å²) in [5, 5.41) is 6.16. The number of methoxy groups -OCH3 is 1. The Kier molecular flexibility index (Phi) is 5.01. The van der Waals surface area contributed by atoms with Crippen LogP contribution >= 0.6 is 0 Å². The largest absolute Gasteiger partial charge is 0.481 e. The number of aromatic nitrogens is 3. The lowest BCUT2D eigenvalue weighted by molar-refractivity contribution is -0.133. The van der Waals surface area contributed by atoms with Crippen molar-refractivity contribution in [3.05, 3.63) is 42.4 Å². The van der Waals surface area contributed by atoms with Gasteiger partial charge in [-0.3, -0.25) is 14.5 Å². The molecule has 0 saturated carbocycles. The molecular weight excluding hydrogens is 358 g/mol. The van der Waals surface area contributed by atoms with Gasteiger partial charge in [-0.1, -0.05) is 0 Å². The minimum atomic E-state index is -0.430. The molecule has 2 aromatic rings. The first kappa shape index (κ1) is 18.5. The molecule has 0 spiro atoms. The van der Waals surface area contributed by atoms with E-state index in [9.17, 15) is 4.79 Å². The molecule has 0 radical (unpaired) electrons. The van der Waals surface area contributed by atoms with Crippen LogP contribution in [0.25, 0.3) is 5.70 Å². The van der Waals surface area contributed by atoms with Gasteiger partial charge in [0.15, 0.2) is 0 Å². The Morgan fingerprint density at radius 1 is 1.18 bits per heavy atom. The SMILES string of the molecule is COc1ccc(N2NC(C(=O)N3CCN(C)CC3)C=C2c2cnn(C)c2)cn1. The molecule has 28 heavy (non-hydrogen) atoms. The van der Waals surface area contributed by atoms with E-state index in [2.05, 4.69) is 27.5 Å². The van der Waals surface area contributed by atoms with E-state index >= 15 is 0 Å². The summed E-state index contributed by atoms with van der Waals surface area (Å²) < 4.78 is 6.90. The van der Waals surface area contributed by atoms with Crippen molar-refractivity contribution in [3.63, 3.8) is 0 Å². The van der Waals surface area contributed by atoms with Gasteiger partial charge < -0.3 is 14.5 Å². The fourth-order valence-electron chi connectivity index (χ4n) is 3.45. The van der Waals surface area contributed by atoms with Crippen molar-refractivity contribution in [1.82, 2.24) is 30.0 Å². The van der Waals surface area contributed by atoms with Gasteiger partial charge >= 0.3 is 0 Å². The summed E-state index contributed by atoms with van der Waals surface area (Å²) in [6.07, 6.45) is 7.40. The highest BCUT2D eigenvalue weighted by molar-refractivity contribution is 5.92. The van der Waals surface area contributed by atoms with Crippen LogP contribution in [0, 0.1) is 0 Å². The van der Waals surface area contributed by atoms with Crippen LogP contribution in [0.5, 0.6) is 5.88 Å². The Hall–Kier alpha value is -2.91. The maximum atomic E-state index is 13.1. The topological polar surface area (TPSA) is 78.8 Å². The molecule has 2 aliphatic heterocycles. The fraction of sp³-hybridized carbons (Fsp3) is 0.421. The molecule has 1 N–H and O–H groups in total. The molecule has 9 heteroatoms. The molecule has 0 aromatic carbocycles. The maximum Gasteiger partial charge on any atom is 0.245 e. The van der Waals surface area contributed by atoms with E-state index in [-0.39, 0.29) is 5.91 Å². The molecular formula is C19H25N7O2. The number of piperazine rings is 1. The van der Waals surface area contributed by atoms with Crippen molar-refractivity contribution in [2.75, 3.05) is 45.3 Å². The normalized spacial score (nSPS) is 20.4. The number of hydrogen-bond acceptors (Lipinski definition) is 7. The van der Waals surface area contributed by atoms with E-state index in [1.165, 1.54) is 0 Å². The lowest BCUT2D eigenvalue weighted by atomic mass is 10.1. The first-order valence-corrected chi connectivity index (χ1v) is 9.29. The van der Waals surface area contributed by atoms with Crippen LogP contribution in [-0.4, -0.2) is 76.8 Å². The minimum Gasteiger partial charge on any atom is -0.481 e. The van der Waals surface area contributed by atoms with Crippen molar-refractivity contribution in [2.24, 2.45) is 7.05 Å². The second-order valence-corrected chi connectivity index (χ2v) is 7.08. The van der Waals surface area contributed by atoms with Crippen molar-refractivity contribution in [2.45, 2.75) is 6.04 Å². The van der Waals surface area contributed by atoms with Crippen molar-refractivity contribution >= 4 is 17.3 Å². The van der Waals surface area contributed by atoms with Crippen molar-refractivity contribution in [1.29, 1.82) is 0 Å². The first-order valence-electron chi connectivity index (χ1n) is 9.29. The van der Waals surface area contributed by atoms with Crippen LogP contribution in [0.2, 0.25) is 0 Å². The summed E-state index contributed by atoms with van der Waals surface area (Å²) >= 11 is 0.